The molecule has 0 aliphatic carbocycles. The minimum atomic E-state index is 0.432. The summed E-state index contributed by atoms with van der Waals surface area (Å²) in [5, 5.41) is 4.41. The van der Waals surface area contributed by atoms with Gasteiger partial charge in [-0.1, -0.05) is 17.8 Å². The second kappa shape index (κ2) is 5.00. The molecule has 0 aromatic heterocycles. The van der Waals surface area contributed by atoms with Crippen molar-refractivity contribution in [2.75, 3.05) is 30.1 Å². The third kappa shape index (κ3) is 2.94. The molecule has 17 heavy (non-hydrogen) atoms. The van der Waals surface area contributed by atoms with E-state index in [-0.39, 0.29) is 0 Å². The zero-order chi connectivity index (χ0) is 12.4. The monoisotopic (exact) mass is 249 g/mol. The summed E-state index contributed by atoms with van der Waals surface area (Å²) in [5.74, 6) is 1.08. The van der Waals surface area contributed by atoms with E-state index >= 15 is 0 Å². The molecule has 0 saturated heterocycles. The van der Waals surface area contributed by atoms with Crippen LogP contribution in [0.3, 0.4) is 0 Å². The molecule has 1 aliphatic heterocycles. The molecule has 0 bridgehead atoms. The van der Waals surface area contributed by atoms with Crippen LogP contribution in [0.5, 0.6) is 0 Å². The second-order valence-corrected chi connectivity index (χ2v) is 5.62. The van der Waals surface area contributed by atoms with Gasteiger partial charge in [-0.05, 0) is 31.5 Å². The predicted octanol–water partition coefficient (Wildman–Crippen LogP) is 2.96. The average Bonchev–Trinajstić information content (AvgIpc) is 2.66. The van der Waals surface area contributed by atoms with E-state index in [2.05, 4.69) is 61.4 Å². The number of anilines is 2. The lowest BCUT2D eigenvalue weighted by atomic mass is 10.1. The van der Waals surface area contributed by atoms with Crippen molar-refractivity contribution < 1.29 is 0 Å². The Morgan fingerprint density at radius 2 is 2.18 bits per heavy atom. The Morgan fingerprint density at radius 1 is 1.41 bits per heavy atom. The topological polar surface area (TPSA) is 27.6 Å². The van der Waals surface area contributed by atoms with E-state index in [4.69, 9.17) is 0 Å². The smallest absolute Gasteiger partial charge is 0.161 e. The van der Waals surface area contributed by atoms with Crippen molar-refractivity contribution in [2.45, 2.75) is 19.9 Å². The van der Waals surface area contributed by atoms with Crippen LogP contribution in [0.1, 0.15) is 12.5 Å². The second-order valence-electron chi connectivity index (χ2n) is 4.61. The number of nitrogens with one attached hydrogen (secondary N) is 1. The summed E-state index contributed by atoms with van der Waals surface area (Å²) in [6.45, 7) is 4.27. The van der Waals surface area contributed by atoms with Crippen molar-refractivity contribution in [2.24, 2.45) is 4.99 Å². The van der Waals surface area contributed by atoms with Gasteiger partial charge in [0.1, 0.15) is 0 Å². The maximum Gasteiger partial charge on any atom is 0.161 e. The van der Waals surface area contributed by atoms with Gasteiger partial charge in [0.15, 0.2) is 5.17 Å². The number of amidine groups is 1. The summed E-state index contributed by atoms with van der Waals surface area (Å²) in [7, 11) is 4.13. The first-order valence-electron chi connectivity index (χ1n) is 5.82. The fourth-order valence-corrected chi connectivity index (χ4v) is 2.75. The number of thioether (sulfide) groups is 1. The molecule has 1 aromatic rings. The normalized spacial score (nSPS) is 19.1. The lowest BCUT2D eigenvalue weighted by molar-refractivity contribution is 0.865. The quantitative estimate of drug-likeness (QED) is 0.873. The molecule has 1 aromatic carbocycles. The van der Waals surface area contributed by atoms with Crippen LogP contribution in [0.25, 0.3) is 0 Å². The Kier molecular flexibility index (Phi) is 3.62. The molecule has 3 nitrogen and oxygen atoms in total. The number of benzene rings is 1. The standard InChI is InChI=1S/C13H19N3S/c1-9-5-6-11(7-12(9)16(3)4)15-13-14-10(2)8-17-13/h5-7,10H,8H2,1-4H3,(H,14,15). The van der Waals surface area contributed by atoms with Crippen LogP contribution in [0, 0.1) is 6.92 Å². The van der Waals surface area contributed by atoms with Crippen molar-refractivity contribution in [1.29, 1.82) is 0 Å². The number of hydrogen-bond donors (Lipinski definition) is 1. The molecular formula is C13H19N3S. The van der Waals surface area contributed by atoms with Gasteiger partial charge in [0.05, 0.1) is 6.04 Å². The number of aryl methyl sites for hydroxylation is 1. The molecule has 0 amide bonds. The molecule has 1 heterocycles. The lowest BCUT2D eigenvalue weighted by Crippen LogP contribution is -2.11. The number of nitrogens with zero attached hydrogens (tertiary/aromatic N) is 2. The maximum atomic E-state index is 4.54. The largest absolute Gasteiger partial charge is 0.377 e. The fraction of sp³-hybridized carbons (Fsp3) is 0.462. The Bertz CT molecular complexity index is 440. The van der Waals surface area contributed by atoms with Crippen LogP contribution in [-0.4, -0.2) is 31.1 Å². The van der Waals surface area contributed by atoms with Crippen LogP contribution in [-0.2, 0) is 0 Å². The first-order valence-corrected chi connectivity index (χ1v) is 6.80. The van der Waals surface area contributed by atoms with E-state index in [1.54, 1.807) is 11.8 Å². The van der Waals surface area contributed by atoms with Gasteiger partial charge in [-0.3, -0.25) is 4.99 Å². The first kappa shape index (κ1) is 12.3. The van der Waals surface area contributed by atoms with Crippen LogP contribution in [0.15, 0.2) is 23.2 Å². The number of hydrogen-bond acceptors (Lipinski definition) is 4. The highest BCUT2D eigenvalue weighted by Gasteiger charge is 2.14. The third-order valence-corrected chi connectivity index (χ3v) is 3.87. The van der Waals surface area contributed by atoms with Gasteiger partial charge in [-0.25, -0.2) is 0 Å². The van der Waals surface area contributed by atoms with Crippen molar-refractivity contribution >= 4 is 28.3 Å². The lowest BCUT2D eigenvalue weighted by Gasteiger charge is -2.17. The van der Waals surface area contributed by atoms with E-state index in [1.807, 2.05) is 0 Å². The highest BCUT2D eigenvalue weighted by molar-refractivity contribution is 8.14. The highest BCUT2D eigenvalue weighted by atomic mass is 32.2. The van der Waals surface area contributed by atoms with Crippen LogP contribution < -0.4 is 10.2 Å². The molecule has 1 atom stereocenters. The number of aliphatic imine (C=N–C) groups is 1. The molecule has 1 unspecified atom stereocenters. The Labute approximate surface area is 107 Å². The molecule has 0 fully saturated rings. The zero-order valence-corrected chi connectivity index (χ0v) is 11.6. The summed E-state index contributed by atoms with van der Waals surface area (Å²) in [6, 6.07) is 6.85. The molecule has 4 heteroatoms. The molecule has 0 spiro atoms. The molecular weight excluding hydrogens is 230 g/mol. The molecule has 2 rings (SSSR count). The van der Waals surface area contributed by atoms with Gasteiger partial charge in [-0.2, -0.15) is 0 Å². The van der Waals surface area contributed by atoms with Crippen molar-refractivity contribution in [3.05, 3.63) is 23.8 Å². The van der Waals surface area contributed by atoms with Gasteiger partial charge >= 0.3 is 0 Å². The number of rotatable bonds is 2. The Morgan fingerprint density at radius 3 is 2.76 bits per heavy atom. The summed E-state index contributed by atoms with van der Waals surface area (Å²) < 4.78 is 0. The maximum absolute atomic E-state index is 4.54. The summed E-state index contributed by atoms with van der Waals surface area (Å²) in [4.78, 5) is 6.67. The van der Waals surface area contributed by atoms with Gasteiger partial charge in [0.2, 0.25) is 0 Å². The molecule has 92 valence electrons. The van der Waals surface area contributed by atoms with Gasteiger partial charge < -0.3 is 10.2 Å². The molecule has 0 saturated carbocycles. The summed E-state index contributed by atoms with van der Waals surface area (Å²) >= 11 is 1.79. The first-order chi connectivity index (χ1) is 8.06. The minimum Gasteiger partial charge on any atom is -0.377 e. The Hall–Kier alpha value is -1.16. The van der Waals surface area contributed by atoms with Gasteiger partial charge in [0.25, 0.3) is 0 Å². The van der Waals surface area contributed by atoms with E-state index < -0.39 is 0 Å². The summed E-state index contributed by atoms with van der Waals surface area (Å²) in [6.07, 6.45) is 0. The fourth-order valence-electron chi connectivity index (χ4n) is 1.84. The SMILES string of the molecule is Cc1ccc(NC2=NC(C)CS2)cc1N(C)C. The van der Waals surface area contributed by atoms with Crippen LogP contribution in [0.2, 0.25) is 0 Å². The van der Waals surface area contributed by atoms with Crippen molar-refractivity contribution in [3.8, 4) is 0 Å². The highest BCUT2D eigenvalue weighted by Crippen LogP contribution is 2.25. The van der Waals surface area contributed by atoms with Crippen LogP contribution in [0.4, 0.5) is 11.4 Å². The molecule has 1 N–H and O–H groups in total. The zero-order valence-electron chi connectivity index (χ0n) is 10.8. The van der Waals surface area contributed by atoms with E-state index in [0.717, 1.165) is 16.6 Å². The Balaban J connectivity index is 2.17. The minimum absolute atomic E-state index is 0.432. The van der Waals surface area contributed by atoms with Crippen molar-refractivity contribution in [1.82, 2.24) is 0 Å². The average molecular weight is 249 g/mol. The summed E-state index contributed by atoms with van der Waals surface area (Å²) in [5.41, 5.74) is 3.64. The van der Waals surface area contributed by atoms with E-state index in [9.17, 15) is 0 Å². The van der Waals surface area contributed by atoms with Gasteiger partial charge in [-0.15, -0.1) is 0 Å². The van der Waals surface area contributed by atoms with Crippen molar-refractivity contribution in [3.63, 3.8) is 0 Å². The van der Waals surface area contributed by atoms with Crippen LogP contribution >= 0.6 is 11.8 Å². The third-order valence-electron chi connectivity index (χ3n) is 2.74. The van der Waals surface area contributed by atoms with Gasteiger partial charge in [0, 0.05) is 31.2 Å². The van der Waals surface area contributed by atoms with E-state index in [0.29, 0.717) is 6.04 Å². The van der Waals surface area contributed by atoms with E-state index in [1.165, 1.54) is 11.3 Å². The molecule has 1 aliphatic rings. The predicted molar refractivity (Wildman–Crippen MR) is 78.5 cm³/mol. The molecule has 0 radical (unpaired) electrons.